The summed E-state index contributed by atoms with van der Waals surface area (Å²) >= 11 is 0. The van der Waals surface area contributed by atoms with Crippen molar-refractivity contribution < 1.29 is 24.2 Å². The van der Waals surface area contributed by atoms with Gasteiger partial charge in [-0.2, -0.15) is 0 Å². The minimum atomic E-state index is -1.01. The van der Waals surface area contributed by atoms with Crippen molar-refractivity contribution in [2.24, 2.45) is 0 Å². The maximum absolute atomic E-state index is 12.3. The Bertz CT molecular complexity index is 752. The highest BCUT2D eigenvalue weighted by atomic mass is 16.5. The van der Waals surface area contributed by atoms with Crippen molar-refractivity contribution in [1.82, 2.24) is 0 Å². The number of carbonyl (C=O) groups is 3. The molecule has 0 aromatic heterocycles. The number of amides is 1. The standard InChI is InChI=1S/C18H17NO5/c1-24-16-5-3-2-4-14(16)18(23)19-13-8-6-12(7-9-13)15(20)10-11-17(21)22/h2-9H,10-11H2,1H3,(H,19,23)(H,21,22). The Morgan fingerprint density at radius 2 is 1.67 bits per heavy atom. The molecule has 0 fully saturated rings. The number of ketones is 1. The van der Waals surface area contributed by atoms with Gasteiger partial charge in [-0.05, 0) is 36.4 Å². The number of carbonyl (C=O) groups excluding carboxylic acids is 2. The summed E-state index contributed by atoms with van der Waals surface area (Å²) < 4.78 is 5.15. The lowest BCUT2D eigenvalue weighted by Crippen LogP contribution is -2.13. The van der Waals surface area contributed by atoms with Crippen LogP contribution in [-0.4, -0.2) is 29.9 Å². The number of ether oxygens (including phenoxy) is 1. The number of nitrogens with one attached hydrogen (secondary N) is 1. The number of rotatable bonds is 7. The number of carboxylic acid groups (broad SMARTS) is 1. The SMILES string of the molecule is COc1ccccc1C(=O)Nc1ccc(C(=O)CCC(=O)O)cc1. The maximum Gasteiger partial charge on any atom is 0.303 e. The van der Waals surface area contributed by atoms with Crippen molar-refractivity contribution in [3.05, 3.63) is 59.7 Å². The number of carboxylic acids is 1. The van der Waals surface area contributed by atoms with Gasteiger partial charge in [0.05, 0.1) is 19.1 Å². The summed E-state index contributed by atoms with van der Waals surface area (Å²) in [5.74, 6) is -1.11. The predicted molar refractivity (Wildman–Crippen MR) is 88.6 cm³/mol. The molecule has 0 unspecified atom stereocenters. The molecule has 0 aliphatic heterocycles. The van der Waals surface area contributed by atoms with Crippen LogP contribution in [0.3, 0.4) is 0 Å². The number of methoxy groups -OCH3 is 1. The van der Waals surface area contributed by atoms with Gasteiger partial charge in [0, 0.05) is 17.7 Å². The van der Waals surface area contributed by atoms with E-state index in [-0.39, 0.29) is 24.5 Å². The zero-order chi connectivity index (χ0) is 17.5. The normalized spacial score (nSPS) is 10.0. The Labute approximate surface area is 139 Å². The summed E-state index contributed by atoms with van der Waals surface area (Å²) in [6.07, 6.45) is -0.257. The largest absolute Gasteiger partial charge is 0.496 e. The van der Waals surface area contributed by atoms with Crippen molar-refractivity contribution in [3.63, 3.8) is 0 Å². The van der Waals surface area contributed by atoms with Crippen LogP contribution in [0.1, 0.15) is 33.6 Å². The molecule has 0 heterocycles. The fourth-order valence-electron chi connectivity index (χ4n) is 2.13. The van der Waals surface area contributed by atoms with Gasteiger partial charge >= 0.3 is 5.97 Å². The number of hydrogen-bond acceptors (Lipinski definition) is 4. The predicted octanol–water partition coefficient (Wildman–Crippen LogP) is 3.00. The Kier molecular flexibility index (Phi) is 5.68. The zero-order valence-electron chi connectivity index (χ0n) is 13.1. The van der Waals surface area contributed by atoms with Crippen molar-refractivity contribution in [1.29, 1.82) is 0 Å². The molecule has 124 valence electrons. The van der Waals surface area contributed by atoms with E-state index in [1.54, 1.807) is 48.5 Å². The van der Waals surface area contributed by atoms with E-state index in [0.29, 0.717) is 22.6 Å². The van der Waals surface area contributed by atoms with Crippen LogP contribution in [0.4, 0.5) is 5.69 Å². The molecule has 0 saturated carbocycles. The second-order valence-electron chi connectivity index (χ2n) is 5.05. The number of hydrogen-bond donors (Lipinski definition) is 2. The molecular weight excluding hydrogens is 310 g/mol. The van der Waals surface area contributed by atoms with Gasteiger partial charge in [0.25, 0.3) is 5.91 Å². The summed E-state index contributed by atoms with van der Waals surface area (Å²) in [4.78, 5) is 34.6. The Balaban J connectivity index is 2.04. The lowest BCUT2D eigenvalue weighted by Gasteiger charge is -2.09. The van der Waals surface area contributed by atoms with E-state index >= 15 is 0 Å². The van der Waals surface area contributed by atoms with Crippen LogP contribution in [0.15, 0.2) is 48.5 Å². The molecule has 1 amide bonds. The molecular formula is C18H17NO5. The van der Waals surface area contributed by atoms with Gasteiger partial charge < -0.3 is 15.2 Å². The first-order chi connectivity index (χ1) is 11.5. The highest BCUT2D eigenvalue weighted by molar-refractivity contribution is 6.06. The zero-order valence-corrected chi connectivity index (χ0v) is 13.1. The van der Waals surface area contributed by atoms with E-state index in [1.807, 2.05) is 0 Å². The quantitative estimate of drug-likeness (QED) is 0.763. The third-order valence-corrected chi connectivity index (χ3v) is 3.38. The molecule has 6 nitrogen and oxygen atoms in total. The van der Waals surface area contributed by atoms with Crippen molar-refractivity contribution in [2.45, 2.75) is 12.8 Å². The van der Waals surface area contributed by atoms with Crippen LogP contribution in [-0.2, 0) is 4.79 Å². The third kappa shape index (κ3) is 4.42. The molecule has 0 saturated heterocycles. The maximum atomic E-state index is 12.3. The Morgan fingerprint density at radius 1 is 1.00 bits per heavy atom. The Morgan fingerprint density at radius 3 is 2.29 bits per heavy atom. The monoisotopic (exact) mass is 327 g/mol. The summed E-state index contributed by atoms with van der Waals surface area (Å²) in [5, 5.41) is 11.3. The van der Waals surface area contributed by atoms with E-state index in [9.17, 15) is 14.4 Å². The molecule has 0 bridgehead atoms. The van der Waals surface area contributed by atoms with Crippen LogP contribution in [0.2, 0.25) is 0 Å². The average molecular weight is 327 g/mol. The summed E-state index contributed by atoms with van der Waals surface area (Å²) in [6, 6.07) is 13.2. The second kappa shape index (κ2) is 7.92. The van der Waals surface area contributed by atoms with Crippen LogP contribution in [0, 0.1) is 0 Å². The van der Waals surface area contributed by atoms with Crippen LogP contribution < -0.4 is 10.1 Å². The van der Waals surface area contributed by atoms with E-state index in [1.165, 1.54) is 7.11 Å². The van der Waals surface area contributed by atoms with E-state index in [4.69, 9.17) is 9.84 Å². The summed E-state index contributed by atoms with van der Waals surface area (Å²) in [7, 11) is 1.49. The van der Waals surface area contributed by atoms with Gasteiger partial charge in [0.15, 0.2) is 5.78 Å². The van der Waals surface area contributed by atoms with Gasteiger partial charge in [0.2, 0.25) is 0 Å². The number of aliphatic carboxylic acids is 1. The van der Waals surface area contributed by atoms with E-state index in [2.05, 4.69) is 5.32 Å². The number of anilines is 1. The molecule has 0 radical (unpaired) electrons. The molecule has 2 aromatic rings. The topological polar surface area (TPSA) is 92.7 Å². The van der Waals surface area contributed by atoms with Crippen molar-refractivity contribution in [2.75, 3.05) is 12.4 Å². The van der Waals surface area contributed by atoms with Crippen LogP contribution in [0.5, 0.6) is 5.75 Å². The molecule has 2 rings (SSSR count). The number of Topliss-reactive ketones (excluding diaryl/α,β-unsaturated/α-hetero) is 1. The molecule has 6 heteroatoms. The van der Waals surface area contributed by atoms with Crippen LogP contribution >= 0.6 is 0 Å². The highest BCUT2D eigenvalue weighted by Gasteiger charge is 2.12. The lowest BCUT2D eigenvalue weighted by atomic mass is 10.1. The molecule has 24 heavy (non-hydrogen) atoms. The minimum absolute atomic E-state index is 0.0533. The first kappa shape index (κ1) is 17.2. The molecule has 2 aromatic carbocycles. The molecule has 0 atom stereocenters. The number of benzene rings is 2. The van der Waals surface area contributed by atoms with Crippen molar-refractivity contribution >= 4 is 23.3 Å². The minimum Gasteiger partial charge on any atom is -0.496 e. The fraction of sp³-hybridized carbons (Fsp3) is 0.167. The average Bonchev–Trinajstić information content (AvgIpc) is 2.60. The first-order valence-corrected chi connectivity index (χ1v) is 7.30. The first-order valence-electron chi connectivity index (χ1n) is 7.30. The van der Waals surface area contributed by atoms with Gasteiger partial charge in [-0.15, -0.1) is 0 Å². The molecule has 2 N–H and O–H groups in total. The van der Waals surface area contributed by atoms with Crippen molar-refractivity contribution in [3.8, 4) is 5.75 Å². The van der Waals surface area contributed by atoms with Gasteiger partial charge in [-0.25, -0.2) is 0 Å². The van der Waals surface area contributed by atoms with E-state index in [0.717, 1.165) is 0 Å². The number of para-hydroxylation sites is 1. The molecule has 0 aliphatic carbocycles. The van der Waals surface area contributed by atoms with Gasteiger partial charge in [-0.1, -0.05) is 12.1 Å². The second-order valence-corrected chi connectivity index (χ2v) is 5.05. The lowest BCUT2D eigenvalue weighted by molar-refractivity contribution is -0.136. The van der Waals surface area contributed by atoms with Gasteiger partial charge in [-0.3, -0.25) is 14.4 Å². The van der Waals surface area contributed by atoms with Crippen LogP contribution in [0.25, 0.3) is 0 Å². The molecule has 0 spiro atoms. The molecule has 0 aliphatic rings. The Hall–Kier alpha value is -3.15. The van der Waals surface area contributed by atoms with E-state index < -0.39 is 5.97 Å². The fourth-order valence-corrected chi connectivity index (χ4v) is 2.13. The smallest absolute Gasteiger partial charge is 0.303 e. The third-order valence-electron chi connectivity index (χ3n) is 3.38. The summed E-state index contributed by atoms with van der Waals surface area (Å²) in [6.45, 7) is 0. The summed E-state index contributed by atoms with van der Waals surface area (Å²) in [5.41, 5.74) is 1.34. The van der Waals surface area contributed by atoms with Gasteiger partial charge in [0.1, 0.15) is 5.75 Å². The highest BCUT2D eigenvalue weighted by Crippen LogP contribution is 2.19.